The van der Waals surface area contributed by atoms with Gasteiger partial charge in [-0.15, -0.1) is 0 Å². The van der Waals surface area contributed by atoms with Crippen molar-refractivity contribution in [1.29, 1.82) is 0 Å². The average Bonchev–Trinajstić information content (AvgIpc) is 3.29. The number of piperidine rings is 1. The number of carbonyl (C=O) groups is 2. The molecule has 2 unspecified atom stereocenters. The molecule has 3 aliphatic heterocycles. The van der Waals surface area contributed by atoms with Crippen LogP contribution in [-0.4, -0.2) is 65.9 Å². The number of urea groups is 1. The number of nitrogens with zero attached hydrogens (tertiary/aromatic N) is 3. The lowest BCUT2D eigenvalue weighted by Crippen LogP contribution is -2.45. The van der Waals surface area contributed by atoms with E-state index in [1.165, 1.54) is 25.8 Å². The summed E-state index contributed by atoms with van der Waals surface area (Å²) in [5, 5.41) is 6.98. The molecule has 1 saturated heterocycles. The number of rotatable bonds is 5. The van der Waals surface area contributed by atoms with Crippen LogP contribution in [0.4, 0.5) is 4.79 Å². The minimum Gasteiger partial charge on any atom is -0.333 e. The molecule has 7 heteroatoms. The van der Waals surface area contributed by atoms with Crippen LogP contribution in [0.5, 0.6) is 0 Å². The lowest BCUT2D eigenvalue weighted by molar-refractivity contribution is -0.125. The summed E-state index contributed by atoms with van der Waals surface area (Å²) < 4.78 is 0. The molecule has 1 fully saturated rings. The van der Waals surface area contributed by atoms with E-state index in [4.69, 9.17) is 0 Å². The first-order chi connectivity index (χ1) is 13.1. The summed E-state index contributed by atoms with van der Waals surface area (Å²) in [6.45, 7) is 5.79. The third kappa shape index (κ3) is 3.50. The Kier molecular flexibility index (Phi) is 5.23. The van der Waals surface area contributed by atoms with Gasteiger partial charge in [0.1, 0.15) is 0 Å². The van der Waals surface area contributed by atoms with Gasteiger partial charge in [0, 0.05) is 26.2 Å². The molecule has 0 aromatic carbocycles. The summed E-state index contributed by atoms with van der Waals surface area (Å²) in [6, 6.07) is 2.17. The van der Waals surface area contributed by atoms with Crippen LogP contribution in [0.25, 0.3) is 0 Å². The third-order valence-corrected chi connectivity index (χ3v) is 6.83. The maximum Gasteiger partial charge on any atom is 0.322 e. The molecule has 27 heavy (non-hydrogen) atoms. The number of carbonyl (C=O) groups excluding carboxylic acids is 2. The third-order valence-electron chi connectivity index (χ3n) is 6.13. The van der Waals surface area contributed by atoms with Gasteiger partial charge < -0.3 is 15.1 Å². The first-order valence-corrected chi connectivity index (χ1v) is 10.8. The highest BCUT2D eigenvalue weighted by Crippen LogP contribution is 2.36. The fourth-order valence-corrected chi connectivity index (χ4v) is 5.13. The zero-order chi connectivity index (χ0) is 19.0. The molecule has 3 amide bonds. The first kappa shape index (κ1) is 18.5. The minimum absolute atomic E-state index is 0.0692. The number of hydrogen-bond acceptors (Lipinski definition) is 4. The number of thiophene rings is 1. The van der Waals surface area contributed by atoms with E-state index in [0.717, 1.165) is 36.3 Å². The van der Waals surface area contributed by atoms with Gasteiger partial charge in [0.25, 0.3) is 5.91 Å². The smallest absolute Gasteiger partial charge is 0.322 e. The number of likely N-dealkylation sites (tertiary alicyclic amines) is 1. The Morgan fingerprint density at radius 1 is 1.26 bits per heavy atom. The maximum atomic E-state index is 13.1. The number of nitrogens with one attached hydrogen (secondary N) is 1. The molecule has 146 valence electrons. The molecule has 1 aromatic heterocycles. The highest BCUT2D eigenvalue weighted by Gasteiger charge is 2.42. The summed E-state index contributed by atoms with van der Waals surface area (Å²) in [4.78, 5) is 31.5. The molecule has 3 aliphatic rings. The molecular formula is C20H28N4O2S. The van der Waals surface area contributed by atoms with Crippen LogP contribution in [0.2, 0.25) is 0 Å². The SMILES string of the molecule is CC1CCCCN1CCCN1CC2=C(C1=O)C(c1ccsc1)NC(=O)N2C. The molecule has 2 atom stereocenters. The molecule has 0 bridgehead atoms. The van der Waals surface area contributed by atoms with Crippen LogP contribution < -0.4 is 5.32 Å². The summed E-state index contributed by atoms with van der Waals surface area (Å²) in [5.41, 5.74) is 2.58. The fourth-order valence-electron chi connectivity index (χ4n) is 4.45. The Hall–Kier alpha value is -1.86. The topological polar surface area (TPSA) is 55.9 Å². The summed E-state index contributed by atoms with van der Waals surface area (Å²) in [6.07, 6.45) is 4.87. The lowest BCUT2D eigenvalue weighted by Gasteiger charge is -2.33. The quantitative estimate of drug-likeness (QED) is 0.844. The van der Waals surface area contributed by atoms with Gasteiger partial charge >= 0.3 is 6.03 Å². The van der Waals surface area contributed by atoms with Gasteiger partial charge in [-0.2, -0.15) is 11.3 Å². The second-order valence-electron chi connectivity index (χ2n) is 7.82. The molecule has 0 aliphatic carbocycles. The first-order valence-electron chi connectivity index (χ1n) is 9.89. The average molecular weight is 389 g/mol. The summed E-state index contributed by atoms with van der Waals surface area (Å²) >= 11 is 1.58. The van der Waals surface area contributed by atoms with Crippen molar-refractivity contribution >= 4 is 23.3 Å². The molecule has 0 radical (unpaired) electrons. The van der Waals surface area contributed by atoms with E-state index in [1.807, 2.05) is 21.7 Å². The van der Waals surface area contributed by atoms with E-state index < -0.39 is 0 Å². The van der Waals surface area contributed by atoms with Gasteiger partial charge in [-0.1, -0.05) is 6.42 Å². The number of hydrogen-bond donors (Lipinski definition) is 1. The Balaban J connectivity index is 1.43. The van der Waals surface area contributed by atoms with Crippen LogP contribution in [-0.2, 0) is 4.79 Å². The predicted molar refractivity (Wildman–Crippen MR) is 106 cm³/mol. The van der Waals surface area contributed by atoms with Crippen LogP contribution >= 0.6 is 11.3 Å². The highest BCUT2D eigenvalue weighted by molar-refractivity contribution is 7.08. The summed E-state index contributed by atoms with van der Waals surface area (Å²) in [5.74, 6) is 0.0692. The van der Waals surface area contributed by atoms with Gasteiger partial charge in [-0.05, 0) is 55.1 Å². The predicted octanol–water partition coefficient (Wildman–Crippen LogP) is 2.81. The molecular weight excluding hydrogens is 360 g/mol. The minimum atomic E-state index is -0.324. The molecule has 4 heterocycles. The van der Waals surface area contributed by atoms with E-state index in [2.05, 4.69) is 17.1 Å². The van der Waals surface area contributed by atoms with E-state index in [-0.39, 0.29) is 18.0 Å². The highest BCUT2D eigenvalue weighted by atomic mass is 32.1. The van der Waals surface area contributed by atoms with Crippen molar-refractivity contribution in [2.24, 2.45) is 0 Å². The van der Waals surface area contributed by atoms with Crippen molar-refractivity contribution in [2.45, 2.75) is 44.7 Å². The molecule has 6 nitrogen and oxygen atoms in total. The van der Waals surface area contributed by atoms with Crippen molar-refractivity contribution in [3.8, 4) is 0 Å². The van der Waals surface area contributed by atoms with Gasteiger partial charge in [0.05, 0.1) is 23.9 Å². The molecule has 4 rings (SSSR count). The van der Waals surface area contributed by atoms with E-state index in [0.29, 0.717) is 12.6 Å². The largest absolute Gasteiger partial charge is 0.333 e. The van der Waals surface area contributed by atoms with Gasteiger partial charge in [0.15, 0.2) is 0 Å². The second-order valence-corrected chi connectivity index (χ2v) is 8.60. The molecule has 0 saturated carbocycles. The molecule has 1 aromatic rings. The van der Waals surface area contributed by atoms with Crippen LogP contribution in [0, 0.1) is 0 Å². The van der Waals surface area contributed by atoms with Gasteiger partial charge in [0.2, 0.25) is 0 Å². The Labute approximate surface area is 164 Å². The van der Waals surface area contributed by atoms with Crippen LogP contribution in [0.15, 0.2) is 28.1 Å². The Bertz CT molecular complexity index is 745. The van der Waals surface area contributed by atoms with Crippen LogP contribution in [0.1, 0.15) is 44.2 Å². The normalized spacial score (nSPS) is 26.6. The van der Waals surface area contributed by atoms with E-state index in [1.54, 1.807) is 23.3 Å². The van der Waals surface area contributed by atoms with Crippen molar-refractivity contribution in [2.75, 3.05) is 33.2 Å². The zero-order valence-corrected chi connectivity index (χ0v) is 16.9. The second kappa shape index (κ2) is 7.64. The van der Waals surface area contributed by atoms with Crippen molar-refractivity contribution < 1.29 is 9.59 Å². The van der Waals surface area contributed by atoms with Crippen molar-refractivity contribution in [3.05, 3.63) is 33.7 Å². The molecule has 0 spiro atoms. The van der Waals surface area contributed by atoms with E-state index >= 15 is 0 Å². The fraction of sp³-hybridized carbons (Fsp3) is 0.600. The number of amides is 3. The van der Waals surface area contributed by atoms with Crippen molar-refractivity contribution in [3.63, 3.8) is 0 Å². The van der Waals surface area contributed by atoms with Crippen molar-refractivity contribution in [1.82, 2.24) is 20.0 Å². The molecule has 1 N–H and O–H groups in total. The van der Waals surface area contributed by atoms with E-state index in [9.17, 15) is 9.59 Å². The Morgan fingerprint density at radius 3 is 2.85 bits per heavy atom. The van der Waals surface area contributed by atoms with Gasteiger partial charge in [-0.3, -0.25) is 9.69 Å². The Morgan fingerprint density at radius 2 is 2.11 bits per heavy atom. The standard InChI is InChI=1S/C20H28N4O2S/c1-14-6-3-4-8-23(14)9-5-10-24-12-16-17(19(24)25)18(15-7-11-27-13-15)21-20(26)22(16)2/h7,11,13-14,18H,3-6,8-10,12H2,1-2H3,(H,21,26). The number of likely N-dealkylation sites (N-methyl/N-ethyl adjacent to an activating group) is 1. The summed E-state index contributed by atoms with van der Waals surface area (Å²) in [7, 11) is 1.75. The lowest BCUT2D eigenvalue weighted by atomic mass is 9.98. The zero-order valence-electron chi connectivity index (χ0n) is 16.1. The monoisotopic (exact) mass is 388 g/mol. The van der Waals surface area contributed by atoms with Crippen LogP contribution in [0.3, 0.4) is 0 Å². The maximum absolute atomic E-state index is 13.1. The van der Waals surface area contributed by atoms with Gasteiger partial charge in [-0.25, -0.2) is 4.79 Å².